The Morgan fingerprint density at radius 3 is 2.47 bits per heavy atom. The highest BCUT2D eigenvalue weighted by Crippen LogP contribution is 2.55. The van der Waals surface area contributed by atoms with Crippen LogP contribution in [0.4, 0.5) is 0 Å². The molecule has 0 aliphatic heterocycles. The Balaban J connectivity index is 1.52. The molecule has 0 radical (unpaired) electrons. The van der Waals surface area contributed by atoms with Crippen LogP contribution in [0.15, 0.2) is 29.4 Å². The average Bonchev–Trinajstić information content (AvgIpc) is 3.15. The lowest BCUT2D eigenvalue weighted by Gasteiger charge is -2.04. The summed E-state index contributed by atoms with van der Waals surface area (Å²) < 4.78 is 0. The lowest BCUT2D eigenvalue weighted by Crippen LogP contribution is -2.20. The molecule has 0 saturated heterocycles. The van der Waals surface area contributed by atoms with E-state index in [1.54, 1.807) is 6.21 Å². The zero-order valence-corrected chi connectivity index (χ0v) is 11.3. The minimum atomic E-state index is 0.111. The van der Waals surface area contributed by atoms with E-state index < -0.39 is 0 Å². The van der Waals surface area contributed by atoms with Gasteiger partial charge in [0.1, 0.15) is 0 Å². The van der Waals surface area contributed by atoms with Crippen LogP contribution in [0.3, 0.4) is 0 Å². The van der Waals surface area contributed by atoms with Crippen molar-refractivity contribution in [3.05, 3.63) is 35.4 Å². The lowest BCUT2D eigenvalue weighted by atomic mass is 10.0. The third kappa shape index (κ3) is 2.70. The van der Waals surface area contributed by atoms with E-state index in [2.05, 4.69) is 17.5 Å². The van der Waals surface area contributed by atoms with Gasteiger partial charge >= 0.3 is 0 Å². The molecule has 1 amide bonds. The van der Waals surface area contributed by atoms with Gasteiger partial charge in [-0.1, -0.05) is 42.7 Å². The predicted octanol–water partition coefficient (Wildman–Crippen LogP) is 2.88. The Bertz CT molecular complexity index is 480. The molecule has 0 aromatic heterocycles. The number of hydrazone groups is 1. The van der Waals surface area contributed by atoms with E-state index in [1.807, 2.05) is 24.3 Å². The van der Waals surface area contributed by atoms with Crippen molar-refractivity contribution in [1.29, 1.82) is 0 Å². The molecular weight excluding hydrogens is 236 g/mol. The van der Waals surface area contributed by atoms with Crippen LogP contribution < -0.4 is 5.43 Å². The van der Waals surface area contributed by atoms with Gasteiger partial charge in [-0.15, -0.1) is 0 Å². The Kier molecular flexibility index (Phi) is 3.36. The van der Waals surface area contributed by atoms with E-state index in [-0.39, 0.29) is 11.8 Å². The van der Waals surface area contributed by atoms with Gasteiger partial charge in [0.2, 0.25) is 5.91 Å². The zero-order chi connectivity index (χ0) is 13.2. The van der Waals surface area contributed by atoms with E-state index in [4.69, 9.17) is 0 Å². The summed E-state index contributed by atoms with van der Waals surface area (Å²) in [6, 6.07) is 8.08. The second kappa shape index (κ2) is 5.16. The molecule has 2 saturated carbocycles. The zero-order valence-electron chi connectivity index (χ0n) is 11.3. The highest BCUT2D eigenvalue weighted by atomic mass is 16.2. The first-order chi connectivity index (χ1) is 9.25. The summed E-state index contributed by atoms with van der Waals surface area (Å²) in [6.45, 7) is 2.05. The fraction of sp³-hybridized carbons (Fsp3) is 0.500. The summed E-state index contributed by atoms with van der Waals surface area (Å²) in [6.07, 6.45) is 6.74. The Morgan fingerprint density at radius 1 is 1.21 bits per heavy atom. The number of carbonyl (C=O) groups excluding carboxylic acids is 1. The van der Waals surface area contributed by atoms with Crippen LogP contribution in [0.1, 0.15) is 36.8 Å². The largest absolute Gasteiger partial charge is 0.273 e. The second-order valence-electron chi connectivity index (χ2n) is 5.78. The molecule has 0 heterocycles. The van der Waals surface area contributed by atoms with Crippen molar-refractivity contribution in [3.63, 3.8) is 0 Å². The molecule has 3 rings (SSSR count). The molecule has 1 aromatic carbocycles. The van der Waals surface area contributed by atoms with E-state index in [0.29, 0.717) is 11.8 Å². The molecule has 100 valence electrons. The molecule has 0 unspecified atom stereocenters. The summed E-state index contributed by atoms with van der Waals surface area (Å²) in [5.74, 6) is 1.63. The average molecular weight is 256 g/mol. The maximum atomic E-state index is 12.0. The van der Waals surface area contributed by atoms with E-state index in [0.717, 1.165) is 5.56 Å². The summed E-state index contributed by atoms with van der Waals surface area (Å²) in [5, 5.41) is 4.07. The fourth-order valence-corrected chi connectivity index (χ4v) is 3.28. The summed E-state index contributed by atoms with van der Waals surface area (Å²) in [4.78, 5) is 12.0. The number of nitrogens with one attached hydrogen (secondary N) is 1. The number of benzene rings is 1. The number of aryl methyl sites for hydroxylation is 1. The predicted molar refractivity (Wildman–Crippen MR) is 75.9 cm³/mol. The number of rotatable bonds is 3. The lowest BCUT2D eigenvalue weighted by molar-refractivity contribution is -0.122. The topological polar surface area (TPSA) is 41.5 Å². The molecule has 1 aromatic rings. The van der Waals surface area contributed by atoms with Crippen LogP contribution in [0.25, 0.3) is 0 Å². The van der Waals surface area contributed by atoms with Gasteiger partial charge in [-0.3, -0.25) is 4.79 Å². The number of amides is 1. The first-order valence-corrected chi connectivity index (χ1v) is 7.15. The van der Waals surface area contributed by atoms with Gasteiger partial charge in [-0.2, -0.15) is 5.10 Å². The molecule has 2 atom stereocenters. The van der Waals surface area contributed by atoms with Crippen molar-refractivity contribution >= 4 is 12.1 Å². The van der Waals surface area contributed by atoms with Crippen molar-refractivity contribution in [2.75, 3.05) is 0 Å². The van der Waals surface area contributed by atoms with Crippen molar-refractivity contribution < 1.29 is 4.79 Å². The normalized spacial score (nSPS) is 29.0. The van der Waals surface area contributed by atoms with Crippen molar-refractivity contribution in [1.82, 2.24) is 5.43 Å². The maximum absolute atomic E-state index is 12.0. The van der Waals surface area contributed by atoms with Gasteiger partial charge < -0.3 is 0 Å². The number of hydrogen-bond acceptors (Lipinski definition) is 2. The monoisotopic (exact) mass is 256 g/mol. The highest BCUT2D eigenvalue weighted by Gasteiger charge is 2.54. The quantitative estimate of drug-likeness (QED) is 0.655. The van der Waals surface area contributed by atoms with Crippen LogP contribution in [-0.4, -0.2) is 12.1 Å². The van der Waals surface area contributed by atoms with Crippen LogP contribution >= 0.6 is 0 Å². The first-order valence-electron chi connectivity index (χ1n) is 7.15. The number of nitrogens with zero attached hydrogens (tertiary/aromatic N) is 1. The molecule has 3 heteroatoms. The van der Waals surface area contributed by atoms with Gasteiger partial charge in [-0.05, 0) is 37.2 Å². The molecule has 0 bridgehead atoms. The Morgan fingerprint density at radius 2 is 1.84 bits per heavy atom. The van der Waals surface area contributed by atoms with Gasteiger partial charge in [0.25, 0.3) is 0 Å². The summed E-state index contributed by atoms with van der Waals surface area (Å²) >= 11 is 0. The van der Waals surface area contributed by atoms with E-state index in [9.17, 15) is 4.79 Å². The van der Waals surface area contributed by atoms with Crippen molar-refractivity contribution in [3.8, 4) is 0 Å². The van der Waals surface area contributed by atoms with E-state index in [1.165, 1.54) is 31.2 Å². The maximum Gasteiger partial charge on any atom is 0.243 e. The molecule has 2 fully saturated rings. The smallest absolute Gasteiger partial charge is 0.243 e. The van der Waals surface area contributed by atoms with Crippen LogP contribution in [-0.2, 0) is 4.79 Å². The molecule has 2 aliphatic carbocycles. The minimum Gasteiger partial charge on any atom is -0.273 e. The number of fused-ring (bicyclic) bond motifs is 1. The Labute approximate surface area is 114 Å². The van der Waals surface area contributed by atoms with Crippen LogP contribution in [0.2, 0.25) is 0 Å². The van der Waals surface area contributed by atoms with Crippen LogP contribution in [0, 0.1) is 24.7 Å². The van der Waals surface area contributed by atoms with Gasteiger partial charge in [0, 0.05) is 5.92 Å². The highest BCUT2D eigenvalue weighted by molar-refractivity contribution is 5.85. The van der Waals surface area contributed by atoms with Crippen molar-refractivity contribution in [2.24, 2.45) is 22.9 Å². The van der Waals surface area contributed by atoms with E-state index >= 15 is 0 Å². The SMILES string of the molecule is Cc1ccc(/C=N\NC(=O)C2[C@@H]3CCCC[C@@H]23)cc1. The Hall–Kier alpha value is -1.64. The number of hydrogen-bond donors (Lipinski definition) is 1. The molecule has 19 heavy (non-hydrogen) atoms. The summed E-state index contributed by atoms with van der Waals surface area (Å²) in [5.41, 5.74) is 4.93. The first kappa shape index (κ1) is 12.4. The second-order valence-corrected chi connectivity index (χ2v) is 5.78. The molecule has 3 nitrogen and oxygen atoms in total. The van der Waals surface area contributed by atoms with Gasteiger partial charge in [-0.25, -0.2) is 5.43 Å². The molecular formula is C16H20N2O. The molecule has 1 N–H and O–H groups in total. The minimum absolute atomic E-state index is 0.111. The third-order valence-corrected chi connectivity index (χ3v) is 4.42. The van der Waals surface area contributed by atoms with Gasteiger partial charge in [0.15, 0.2) is 0 Å². The fourth-order valence-electron chi connectivity index (χ4n) is 3.28. The standard InChI is InChI=1S/C16H20N2O/c1-11-6-8-12(9-7-11)10-17-18-16(19)15-13-4-2-3-5-14(13)15/h6-10,13-15H,2-5H2,1H3,(H,18,19)/b17-10-/t13-,14-/m1/s1. The third-order valence-electron chi connectivity index (χ3n) is 4.42. The molecule has 0 spiro atoms. The summed E-state index contributed by atoms with van der Waals surface area (Å²) in [7, 11) is 0. The molecule has 2 aliphatic rings. The van der Waals surface area contributed by atoms with Crippen LogP contribution in [0.5, 0.6) is 0 Å². The van der Waals surface area contributed by atoms with Crippen molar-refractivity contribution in [2.45, 2.75) is 32.6 Å². The number of carbonyl (C=O) groups is 1. The van der Waals surface area contributed by atoms with Gasteiger partial charge in [0.05, 0.1) is 6.21 Å².